The topological polar surface area (TPSA) is 86.8 Å². The van der Waals surface area contributed by atoms with Crippen LogP contribution in [0.3, 0.4) is 0 Å². The van der Waals surface area contributed by atoms with Crippen LogP contribution in [0.2, 0.25) is 10.0 Å². The lowest BCUT2D eigenvalue weighted by atomic mass is 10.0. The molecule has 0 saturated heterocycles. The molecule has 4 aromatic carbocycles. The molecule has 0 aliphatic heterocycles. The first kappa shape index (κ1) is 34.0. The predicted octanol–water partition coefficient (Wildman–Crippen LogP) is 6.97. The van der Waals surface area contributed by atoms with Gasteiger partial charge in [0.05, 0.1) is 10.6 Å². The summed E-state index contributed by atoms with van der Waals surface area (Å²) < 4.78 is 29.3. The number of sulfonamides is 1. The number of aryl methyl sites for hydroxylation is 2. The summed E-state index contributed by atoms with van der Waals surface area (Å²) in [5.74, 6) is -0.876. The quantitative estimate of drug-likeness (QED) is 0.167. The number of nitrogens with zero attached hydrogens (tertiary/aromatic N) is 2. The van der Waals surface area contributed by atoms with Crippen molar-refractivity contribution >= 4 is 50.7 Å². The van der Waals surface area contributed by atoms with Crippen LogP contribution in [-0.2, 0) is 32.6 Å². The van der Waals surface area contributed by atoms with Crippen LogP contribution in [-0.4, -0.2) is 44.3 Å². The number of rotatable bonds is 13. The van der Waals surface area contributed by atoms with Gasteiger partial charge in [0.2, 0.25) is 11.8 Å². The smallest absolute Gasteiger partial charge is 0.264 e. The van der Waals surface area contributed by atoms with E-state index < -0.39 is 28.5 Å². The summed E-state index contributed by atoms with van der Waals surface area (Å²) in [7, 11) is -4.27. The third-order valence-corrected chi connectivity index (χ3v) is 9.67. The van der Waals surface area contributed by atoms with Crippen LogP contribution in [0.4, 0.5) is 5.69 Å². The van der Waals surface area contributed by atoms with Gasteiger partial charge in [-0.3, -0.25) is 13.9 Å². The van der Waals surface area contributed by atoms with E-state index in [1.165, 1.54) is 35.2 Å². The minimum atomic E-state index is -4.27. The van der Waals surface area contributed by atoms with E-state index in [1.807, 2.05) is 75.4 Å². The molecule has 0 spiro atoms. The first-order valence-corrected chi connectivity index (χ1v) is 16.9. The van der Waals surface area contributed by atoms with Crippen molar-refractivity contribution in [2.45, 2.75) is 51.1 Å². The van der Waals surface area contributed by atoms with Crippen LogP contribution in [0.25, 0.3) is 0 Å². The molecular weight excluding hydrogens is 629 g/mol. The lowest BCUT2D eigenvalue weighted by Crippen LogP contribution is -2.53. The Hall–Kier alpha value is -3.85. The van der Waals surface area contributed by atoms with Gasteiger partial charge >= 0.3 is 0 Å². The number of carbonyl (C=O) groups excluding carboxylic acids is 2. The molecule has 0 aliphatic carbocycles. The molecule has 0 aromatic heterocycles. The van der Waals surface area contributed by atoms with E-state index in [2.05, 4.69) is 5.32 Å². The van der Waals surface area contributed by atoms with E-state index in [-0.39, 0.29) is 39.5 Å². The second-order valence-electron chi connectivity index (χ2n) is 10.9. The summed E-state index contributed by atoms with van der Waals surface area (Å²) in [6.45, 7) is 5.68. The van der Waals surface area contributed by atoms with E-state index >= 15 is 0 Å². The zero-order valence-electron chi connectivity index (χ0n) is 25.5. The molecule has 7 nitrogen and oxygen atoms in total. The van der Waals surface area contributed by atoms with Gasteiger partial charge in [-0.2, -0.15) is 0 Å². The minimum Gasteiger partial charge on any atom is -0.354 e. The molecule has 0 aliphatic rings. The average Bonchev–Trinajstić information content (AvgIpc) is 3.01. The molecule has 0 saturated carbocycles. The highest BCUT2D eigenvalue weighted by molar-refractivity contribution is 7.92. The van der Waals surface area contributed by atoms with Crippen molar-refractivity contribution in [3.05, 3.63) is 129 Å². The average molecular weight is 667 g/mol. The highest BCUT2D eigenvalue weighted by Gasteiger charge is 2.35. The molecule has 0 heterocycles. The number of amides is 2. The fourth-order valence-electron chi connectivity index (χ4n) is 4.94. The molecule has 0 fully saturated rings. The highest BCUT2D eigenvalue weighted by Crippen LogP contribution is 2.30. The van der Waals surface area contributed by atoms with Crippen LogP contribution in [0.5, 0.6) is 0 Å². The Morgan fingerprint density at radius 1 is 0.844 bits per heavy atom. The summed E-state index contributed by atoms with van der Waals surface area (Å²) in [4.78, 5) is 29.8. The number of carbonyl (C=O) groups is 2. The first-order valence-electron chi connectivity index (χ1n) is 14.7. The Morgan fingerprint density at radius 3 is 2.09 bits per heavy atom. The van der Waals surface area contributed by atoms with Crippen molar-refractivity contribution in [2.24, 2.45) is 0 Å². The van der Waals surface area contributed by atoms with E-state index in [4.69, 9.17) is 23.2 Å². The third-order valence-electron chi connectivity index (χ3n) is 7.45. The molecule has 0 bridgehead atoms. The van der Waals surface area contributed by atoms with E-state index in [1.54, 1.807) is 12.1 Å². The Labute approximate surface area is 275 Å². The summed E-state index contributed by atoms with van der Waals surface area (Å²) in [5.41, 5.74) is 3.66. The van der Waals surface area contributed by atoms with Crippen LogP contribution in [0.1, 0.15) is 35.6 Å². The molecule has 236 valence electrons. The Kier molecular flexibility index (Phi) is 11.7. The maximum atomic E-state index is 14.5. The molecule has 10 heteroatoms. The number of benzene rings is 4. The largest absolute Gasteiger partial charge is 0.354 e. The SMILES string of the molecule is CCCNC(=O)[C@H](Cc1ccccc1)N(Cc1ccccc1C)C(=O)CN(c1cc(Cl)cc(Cl)c1)S(=O)(=O)c1ccc(C)cc1. The van der Waals surface area contributed by atoms with Gasteiger partial charge in [-0.15, -0.1) is 0 Å². The normalized spacial score (nSPS) is 11.9. The van der Waals surface area contributed by atoms with Crippen LogP contribution in [0.15, 0.2) is 102 Å². The second-order valence-corrected chi connectivity index (χ2v) is 13.6. The van der Waals surface area contributed by atoms with Gasteiger partial charge in [-0.1, -0.05) is 102 Å². The van der Waals surface area contributed by atoms with Gasteiger partial charge in [0.1, 0.15) is 12.6 Å². The van der Waals surface area contributed by atoms with Crippen molar-refractivity contribution < 1.29 is 18.0 Å². The summed E-state index contributed by atoms with van der Waals surface area (Å²) in [6, 6.07) is 26.9. The fraction of sp³-hybridized carbons (Fsp3) is 0.257. The van der Waals surface area contributed by atoms with E-state index in [9.17, 15) is 18.0 Å². The number of hydrogen-bond acceptors (Lipinski definition) is 4. The van der Waals surface area contributed by atoms with Gasteiger partial charge in [-0.05, 0) is 67.3 Å². The molecule has 45 heavy (non-hydrogen) atoms. The Bertz CT molecular complexity index is 1710. The molecular formula is C35H37Cl2N3O4S. The van der Waals surface area contributed by atoms with Gasteiger partial charge in [0.15, 0.2) is 0 Å². The van der Waals surface area contributed by atoms with Crippen molar-refractivity contribution in [1.29, 1.82) is 0 Å². The molecule has 4 rings (SSSR count). The van der Waals surface area contributed by atoms with Crippen LogP contribution in [0, 0.1) is 13.8 Å². The van der Waals surface area contributed by atoms with Gasteiger partial charge in [-0.25, -0.2) is 8.42 Å². The Morgan fingerprint density at radius 2 is 1.47 bits per heavy atom. The molecule has 2 amide bonds. The zero-order chi connectivity index (χ0) is 32.6. The lowest BCUT2D eigenvalue weighted by Gasteiger charge is -2.34. The van der Waals surface area contributed by atoms with Crippen LogP contribution < -0.4 is 9.62 Å². The highest BCUT2D eigenvalue weighted by atomic mass is 35.5. The summed E-state index contributed by atoms with van der Waals surface area (Å²) >= 11 is 12.6. The number of nitrogens with one attached hydrogen (secondary N) is 1. The third kappa shape index (κ3) is 8.87. The fourth-order valence-corrected chi connectivity index (χ4v) is 6.85. The predicted molar refractivity (Wildman–Crippen MR) is 181 cm³/mol. The second kappa shape index (κ2) is 15.4. The number of anilines is 1. The van der Waals surface area contributed by atoms with Crippen molar-refractivity contribution in [3.63, 3.8) is 0 Å². The molecule has 1 N–H and O–H groups in total. The molecule has 4 aromatic rings. The summed E-state index contributed by atoms with van der Waals surface area (Å²) in [6.07, 6.45) is 0.954. The summed E-state index contributed by atoms with van der Waals surface area (Å²) in [5, 5.41) is 3.38. The van der Waals surface area contributed by atoms with Crippen molar-refractivity contribution in [3.8, 4) is 0 Å². The minimum absolute atomic E-state index is 0.00368. The van der Waals surface area contributed by atoms with E-state index in [0.29, 0.717) is 13.0 Å². The van der Waals surface area contributed by atoms with E-state index in [0.717, 1.165) is 26.6 Å². The Balaban J connectivity index is 1.83. The van der Waals surface area contributed by atoms with Crippen molar-refractivity contribution in [1.82, 2.24) is 10.2 Å². The molecule has 1 atom stereocenters. The van der Waals surface area contributed by atoms with Crippen molar-refractivity contribution in [2.75, 3.05) is 17.4 Å². The van der Waals surface area contributed by atoms with Gasteiger partial charge in [0, 0.05) is 29.6 Å². The maximum Gasteiger partial charge on any atom is 0.264 e. The maximum absolute atomic E-state index is 14.5. The van der Waals surface area contributed by atoms with Crippen LogP contribution >= 0.6 is 23.2 Å². The molecule has 0 radical (unpaired) electrons. The first-order chi connectivity index (χ1) is 21.5. The lowest BCUT2D eigenvalue weighted by molar-refractivity contribution is -0.140. The zero-order valence-corrected chi connectivity index (χ0v) is 27.9. The monoisotopic (exact) mass is 665 g/mol. The number of hydrogen-bond donors (Lipinski definition) is 1. The van der Waals surface area contributed by atoms with Gasteiger partial charge < -0.3 is 10.2 Å². The molecule has 0 unspecified atom stereocenters. The standard InChI is InChI=1S/C35H37Cl2N3O4S/c1-4-18-38-35(42)33(19-27-11-6-5-7-12-27)39(23-28-13-9-8-10-26(28)3)34(41)24-40(31-21-29(36)20-30(37)22-31)45(43,44)32-16-14-25(2)15-17-32/h5-17,20-22,33H,4,18-19,23-24H2,1-3H3,(H,38,42)/t33-/m0/s1. The number of halogens is 2. The van der Waals surface area contributed by atoms with Gasteiger partial charge in [0.25, 0.3) is 10.0 Å².